The van der Waals surface area contributed by atoms with Crippen LogP contribution in [0.1, 0.15) is 13.8 Å². The zero-order valence-corrected chi connectivity index (χ0v) is 11.3. The zero-order chi connectivity index (χ0) is 12.6. The van der Waals surface area contributed by atoms with E-state index in [1.54, 1.807) is 6.92 Å². The highest BCUT2D eigenvalue weighted by atomic mass is 32.2. The van der Waals surface area contributed by atoms with Crippen molar-refractivity contribution in [2.45, 2.75) is 19.4 Å². The van der Waals surface area contributed by atoms with Gasteiger partial charge in [-0.05, 0) is 26.9 Å². The number of nitrogens with zero attached hydrogens (tertiary/aromatic N) is 2. The van der Waals surface area contributed by atoms with Gasteiger partial charge in [0.25, 0.3) is 0 Å². The van der Waals surface area contributed by atoms with E-state index in [2.05, 4.69) is 0 Å². The Morgan fingerprint density at radius 3 is 2.44 bits per heavy atom. The van der Waals surface area contributed by atoms with E-state index in [0.717, 1.165) is 0 Å². The lowest BCUT2D eigenvalue weighted by Gasteiger charge is -2.30. The van der Waals surface area contributed by atoms with Crippen LogP contribution in [0.2, 0.25) is 0 Å². The Kier molecular flexibility index (Phi) is 3.99. The second-order valence-electron chi connectivity index (χ2n) is 5.41. The minimum Gasteiger partial charge on any atom is -0.387 e. The second kappa shape index (κ2) is 4.60. The van der Waals surface area contributed by atoms with Gasteiger partial charge in [-0.25, -0.2) is 8.42 Å². The molecule has 1 rings (SSSR count). The van der Waals surface area contributed by atoms with E-state index in [9.17, 15) is 13.5 Å². The Morgan fingerprint density at radius 1 is 1.50 bits per heavy atom. The van der Waals surface area contributed by atoms with Crippen LogP contribution in [0, 0.1) is 5.92 Å². The van der Waals surface area contributed by atoms with Crippen LogP contribution in [-0.2, 0) is 10.0 Å². The van der Waals surface area contributed by atoms with Crippen LogP contribution < -0.4 is 0 Å². The lowest BCUT2D eigenvalue weighted by atomic mass is 10.1. The third-order valence-electron chi connectivity index (χ3n) is 2.58. The maximum atomic E-state index is 11.7. The Morgan fingerprint density at radius 2 is 2.06 bits per heavy atom. The molecule has 5 nitrogen and oxygen atoms in total. The summed E-state index contributed by atoms with van der Waals surface area (Å²) in [5.74, 6) is 0.352. The van der Waals surface area contributed by atoms with E-state index in [-0.39, 0.29) is 18.2 Å². The monoisotopic (exact) mass is 250 g/mol. The Balaban J connectivity index is 2.67. The summed E-state index contributed by atoms with van der Waals surface area (Å²) in [4.78, 5) is 1.85. The van der Waals surface area contributed by atoms with Crippen molar-refractivity contribution in [1.82, 2.24) is 9.21 Å². The molecule has 1 fully saturated rings. The summed E-state index contributed by atoms with van der Waals surface area (Å²) in [5, 5.41) is 10.1. The van der Waals surface area contributed by atoms with Gasteiger partial charge in [-0.3, -0.25) is 0 Å². The van der Waals surface area contributed by atoms with Gasteiger partial charge in [-0.2, -0.15) is 4.31 Å². The number of likely N-dealkylation sites (N-methyl/N-ethyl adjacent to an activating group) is 1. The van der Waals surface area contributed by atoms with Crippen molar-refractivity contribution in [3.05, 3.63) is 0 Å². The molecular formula is C10H22N2O3S. The topological polar surface area (TPSA) is 60.9 Å². The summed E-state index contributed by atoms with van der Waals surface area (Å²) in [6.07, 6.45) is 0. The number of β-amino-alcohol motifs (C(OH)–C–C–N with tert-alkyl or cyclic N) is 1. The molecule has 1 heterocycles. The molecule has 0 aromatic heterocycles. The lowest BCUT2D eigenvalue weighted by Crippen LogP contribution is -2.47. The lowest BCUT2D eigenvalue weighted by molar-refractivity contribution is 0.0179. The molecule has 1 aliphatic heterocycles. The van der Waals surface area contributed by atoms with Gasteiger partial charge in [0.1, 0.15) is 0 Å². The molecule has 1 saturated heterocycles. The Bertz CT molecular complexity index is 338. The highest BCUT2D eigenvalue weighted by molar-refractivity contribution is 7.89. The number of rotatable bonds is 4. The first-order valence-corrected chi connectivity index (χ1v) is 7.08. The van der Waals surface area contributed by atoms with Crippen molar-refractivity contribution in [1.29, 1.82) is 0 Å². The van der Waals surface area contributed by atoms with Crippen LogP contribution in [0.15, 0.2) is 0 Å². The highest BCUT2D eigenvalue weighted by Crippen LogP contribution is 2.21. The molecule has 0 aromatic rings. The predicted molar refractivity (Wildman–Crippen MR) is 63.7 cm³/mol. The van der Waals surface area contributed by atoms with E-state index < -0.39 is 15.6 Å². The van der Waals surface area contributed by atoms with E-state index in [0.29, 0.717) is 13.1 Å². The maximum Gasteiger partial charge on any atom is 0.214 e. The average molecular weight is 250 g/mol. The van der Waals surface area contributed by atoms with Gasteiger partial charge in [-0.15, -0.1) is 0 Å². The maximum absolute atomic E-state index is 11.7. The minimum absolute atomic E-state index is 0.153. The zero-order valence-electron chi connectivity index (χ0n) is 10.5. The molecular weight excluding hydrogens is 228 g/mol. The smallest absolute Gasteiger partial charge is 0.214 e. The molecule has 0 bridgehead atoms. The molecule has 0 radical (unpaired) electrons. The summed E-state index contributed by atoms with van der Waals surface area (Å²) in [6, 6.07) is 0. The molecule has 0 spiro atoms. The standard InChI is InChI=1S/C10H22N2O3S/c1-9-5-12(16(14,15)6-9)8-10(2,13)7-11(3)4/h9,13H,5-8H2,1-4H3. The fourth-order valence-corrected chi connectivity index (χ4v) is 4.24. The van der Waals surface area contributed by atoms with Crippen molar-refractivity contribution < 1.29 is 13.5 Å². The molecule has 0 saturated carbocycles. The number of hydrogen-bond donors (Lipinski definition) is 1. The van der Waals surface area contributed by atoms with Crippen molar-refractivity contribution in [3.8, 4) is 0 Å². The van der Waals surface area contributed by atoms with Gasteiger partial charge in [0.05, 0.1) is 11.4 Å². The van der Waals surface area contributed by atoms with Crippen LogP contribution in [0.5, 0.6) is 0 Å². The minimum atomic E-state index is -3.15. The Labute approximate surface area is 98.1 Å². The molecule has 0 aliphatic carbocycles. The molecule has 2 atom stereocenters. The van der Waals surface area contributed by atoms with Crippen molar-refractivity contribution >= 4 is 10.0 Å². The fraction of sp³-hybridized carbons (Fsp3) is 1.00. The number of hydrogen-bond acceptors (Lipinski definition) is 4. The molecule has 1 N–H and O–H groups in total. The van der Waals surface area contributed by atoms with Gasteiger partial charge in [0.2, 0.25) is 10.0 Å². The summed E-state index contributed by atoms with van der Waals surface area (Å²) in [7, 11) is 0.563. The van der Waals surface area contributed by atoms with Crippen LogP contribution in [0.3, 0.4) is 0 Å². The molecule has 96 valence electrons. The van der Waals surface area contributed by atoms with E-state index in [1.807, 2.05) is 25.9 Å². The van der Waals surface area contributed by atoms with Crippen LogP contribution in [0.25, 0.3) is 0 Å². The highest BCUT2D eigenvalue weighted by Gasteiger charge is 2.37. The third-order valence-corrected chi connectivity index (χ3v) is 4.63. The van der Waals surface area contributed by atoms with Gasteiger partial charge >= 0.3 is 0 Å². The van der Waals surface area contributed by atoms with E-state index >= 15 is 0 Å². The van der Waals surface area contributed by atoms with E-state index in [1.165, 1.54) is 4.31 Å². The van der Waals surface area contributed by atoms with Crippen molar-refractivity contribution in [2.75, 3.05) is 39.5 Å². The third kappa shape index (κ3) is 3.69. The predicted octanol–water partition coefficient (Wildman–Crippen LogP) is -0.419. The van der Waals surface area contributed by atoms with Crippen molar-refractivity contribution in [2.24, 2.45) is 5.92 Å². The first kappa shape index (κ1) is 13.9. The fourth-order valence-electron chi connectivity index (χ4n) is 2.25. The molecule has 1 aliphatic rings. The summed E-state index contributed by atoms with van der Waals surface area (Å²) in [5.41, 5.74) is -0.999. The first-order valence-electron chi connectivity index (χ1n) is 5.47. The molecule has 6 heteroatoms. The van der Waals surface area contributed by atoms with Gasteiger partial charge in [0.15, 0.2) is 0 Å². The summed E-state index contributed by atoms with van der Waals surface area (Å²) in [6.45, 7) is 4.74. The van der Waals surface area contributed by atoms with Crippen molar-refractivity contribution in [3.63, 3.8) is 0 Å². The molecule has 0 amide bonds. The summed E-state index contributed by atoms with van der Waals surface area (Å²) >= 11 is 0. The number of sulfonamides is 1. The van der Waals surface area contributed by atoms with Crippen LogP contribution >= 0.6 is 0 Å². The van der Waals surface area contributed by atoms with Crippen LogP contribution in [-0.4, -0.2) is 67.8 Å². The average Bonchev–Trinajstić information content (AvgIpc) is 2.19. The normalized spacial score (nSPS) is 29.5. The molecule has 16 heavy (non-hydrogen) atoms. The quantitative estimate of drug-likeness (QED) is 0.736. The van der Waals surface area contributed by atoms with Crippen LogP contribution in [0.4, 0.5) is 0 Å². The first-order chi connectivity index (χ1) is 7.12. The largest absolute Gasteiger partial charge is 0.387 e. The Hall–Kier alpha value is -0.170. The second-order valence-corrected chi connectivity index (χ2v) is 7.42. The SMILES string of the molecule is CC1CN(CC(C)(O)CN(C)C)S(=O)(=O)C1. The van der Waals surface area contributed by atoms with Gasteiger partial charge in [-0.1, -0.05) is 6.92 Å². The molecule has 2 unspecified atom stereocenters. The number of aliphatic hydroxyl groups is 1. The van der Waals surface area contributed by atoms with Gasteiger partial charge in [0, 0.05) is 19.6 Å². The molecule has 0 aromatic carbocycles. The van der Waals surface area contributed by atoms with E-state index in [4.69, 9.17) is 0 Å². The summed E-state index contributed by atoms with van der Waals surface area (Å²) < 4.78 is 24.9. The van der Waals surface area contributed by atoms with Gasteiger partial charge < -0.3 is 10.0 Å².